The minimum Gasteiger partial charge on any atom is -0.489 e. The number of nitrogens with one attached hydrogen (secondary N) is 1. The first-order valence-corrected chi connectivity index (χ1v) is 12.5. The summed E-state index contributed by atoms with van der Waals surface area (Å²) in [7, 11) is 0. The van der Waals surface area contributed by atoms with E-state index in [1.54, 1.807) is 54.6 Å². The van der Waals surface area contributed by atoms with Gasteiger partial charge in [-0.2, -0.15) is 5.10 Å². The first-order chi connectivity index (χ1) is 19.1. The molecule has 0 bridgehead atoms. The van der Waals surface area contributed by atoms with Crippen molar-refractivity contribution in [2.75, 3.05) is 0 Å². The number of hydrogen-bond acceptors (Lipinski definition) is 5. The zero-order chi connectivity index (χ0) is 27.0. The monoisotopic (exact) mass is 534 g/mol. The minimum atomic E-state index is -0.532. The van der Waals surface area contributed by atoms with E-state index in [-0.39, 0.29) is 5.91 Å². The van der Waals surface area contributed by atoms with Gasteiger partial charge in [-0.25, -0.2) is 10.2 Å². The Kier molecular flexibility index (Phi) is 7.95. The van der Waals surface area contributed by atoms with Crippen molar-refractivity contribution in [3.8, 4) is 11.5 Å². The van der Waals surface area contributed by atoms with Gasteiger partial charge in [0.1, 0.15) is 18.1 Å². The molecule has 0 unspecified atom stereocenters. The number of rotatable bonds is 8. The van der Waals surface area contributed by atoms with Gasteiger partial charge in [0, 0.05) is 16.1 Å². The summed E-state index contributed by atoms with van der Waals surface area (Å²) in [6.07, 6.45) is 1.47. The summed E-state index contributed by atoms with van der Waals surface area (Å²) in [5.41, 5.74) is 4.94. The van der Waals surface area contributed by atoms with Crippen LogP contribution in [-0.4, -0.2) is 18.1 Å². The lowest BCUT2D eigenvalue weighted by atomic mass is 10.0. The Balaban J connectivity index is 1.29. The molecule has 0 aliphatic heterocycles. The van der Waals surface area contributed by atoms with Crippen LogP contribution >= 0.6 is 11.6 Å². The molecule has 5 aromatic rings. The van der Waals surface area contributed by atoms with Crippen molar-refractivity contribution in [3.63, 3.8) is 0 Å². The van der Waals surface area contributed by atoms with Crippen LogP contribution in [0.15, 0.2) is 120 Å². The Morgan fingerprint density at radius 1 is 0.769 bits per heavy atom. The van der Waals surface area contributed by atoms with E-state index < -0.39 is 5.97 Å². The van der Waals surface area contributed by atoms with E-state index in [0.29, 0.717) is 39.8 Å². The summed E-state index contributed by atoms with van der Waals surface area (Å²) in [5.74, 6) is 0.0457. The lowest BCUT2D eigenvalue weighted by molar-refractivity contribution is 0.0734. The average molecular weight is 535 g/mol. The van der Waals surface area contributed by atoms with E-state index in [4.69, 9.17) is 21.1 Å². The maximum atomic E-state index is 12.7. The number of ether oxygens (including phenoxy) is 2. The Bertz CT molecular complexity index is 1630. The predicted octanol–water partition coefficient (Wildman–Crippen LogP) is 7.06. The highest BCUT2D eigenvalue weighted by molar-refractivity contribution is 6.30. The van der Waals surface area contributed by atoms with Gasteiger partial charge in [-0.3, -0.25) is 4.79 Å². The van der Waals surface area contributed by atoms with E-state index in [0.717, 1.165) is 16.3 Å². The smallest absolute Gasteiger partial charge is 0.343 e. The number of amides is 1. The van der Waals surface area contributed by atoms with Gasteiger partial charge < -0.3 is 9.47 Å². The first kappa shape index (κ1) is 25.7. The first-order valence-electron chi connectivity index (χ1n) is 12.2. The van der Waals surface area contributed by atoms with Crippen LogP contribution in [0.3, 0.4) is 0 Å². The quantitative estimate of drug-likeness (QED) is 0.100. The number of hydrazone groups is 1. The third-order valence-electron chi connectivity index (χ3n) is 5.94. The Hall–Kier alpha value is -4.94. The van der Waals surface area contributed by atoms with Crippen LogP contribution in [0.4, 0.5) is 0 Å². The van der Waals surface area contributed by atoms with E-state index in [1.807, 2.05) is 60.7 Å². The van der Waals surface area contributed by atoms with E-state index >= 15 is 0 Å². The zero-order valence-electron chi connectivity index (χ0n) is 20.7. The normalized spacial score (nSPS) is 10.9. The molecule has 0 heterocycles. The second-order valence-corrected chi connectivity index (χ2v) is 9.03. The predicted molar refractivity (Wildman–Crippen MR) is 153 cm³/mol. The second-order valence-electron chi connectivity index (χ2n) is 8.59. The largest absolute Gasteiger partial charge is 0.489 e. The van der Waals surface area contributed by atoms with Crippen molar-refractivity contribution >= 4 is 40.5 Å². The molecule has 0 aliphatic rings. The van der Waals surface area contributed by atoms with Crippen molar-refractivity contribution < 1.29 is 19.1 Å². The maximum absolute atomic E-state index is 12.7. The highest BCUT2D eigenvalue weighted by Gasteiger charge is 2.14. The second kappa shape index (κ2) is 12.1. The van der Waals surface area contributed by atoms with Gasteiger partial charge >= 0.3 is 5.97 Å². The van der Waals surface area contributed by atoms with Crippen LogP contribution in [0.2, 0.25) is 5.02 Å². The third kappa shape index (κ3) is 6.50. The van der Waals surface area contributed by atoms with Crippen molar-refractivity contribution in [1.82, 2.24) is 5.43 Å². The molecule has 5 aromatic carbocycles. The number of halogens is 1. The molecule has 0 aliphatic carbocycles. The van der Waals surface area contributed by atoms with Gasteiger partial charge in [-0.15, -0.1) is 0 Å². The maximum Gasteiger partial charge on any atom is 0.343 e. The van der Waals surface area contributed by atoms with Gasteiger partial charge in [-0.1, -0.05) is 72.3 Å². The minimum absolute atomic E-state index is 0.312. The van der Waals surface area contributed by atoms with Gasteiger partial charge in [0.05, 0.1) is 11.8 Å². The number of benzene rings is 5. The number of nitrogens with zero attached hydrogens (tertiary/aromatic N) is 1. The molecule has 1 N–H and O–H groups in total. The van der Waals surface area contributed by atoms with Crippen LogP contribution < -0.4 is 14.9 Å². The molecule has 6 nitrogen and oxygen atoms in total. The number of fused-ring (bicyclic) bond motifs is 1. The number of carbonyl (C=O) groups excluding carboxylic acids is 2. The van der Waals surface area contributed by atoms with Crippen molar-refractivity contribution in [3.05, 3.63) is 143 Å². The molecule has 0 aromatic heterocycles. The number of hydrogen-bond donors (Lipinski definition) is 1. The van der Waals surface area contributed by atoms with Crippen molar-refractivity contribution in [1.29, 1.82) is 0 Å². The van der Waals surface area contributed by atoms with Crippen LogP contribution in [0.1, 0.15) is 31.8 Å². The van der Waals surface area contributed by atoms with Gasteiger partial charge in [0.15, 0.2) is 0 Å². The van der Waals surface area contributed by atoms with E-state index in [1.165, 1.54) is 6.21 Å². The molecule has 7 heteroatoms. The number of esters is 1. The molecule has 1 amide bonds. The molecule has 39 heavy (non-hydrogen) atoms. The Morgan fingerprint density at radius 3 is 2.23 bits per heavy atom. The van der Waals surface area contributed by atoms with Crippen molar-refractivity contribution in [2.24, 2.45) is 5.10 Å². The molecule has 0 atom stereocenters. The summed E-state index contributed by atoms with van der Waals surface area (Å²) in [5, 5.41) is 6.43. The topological polar surface area (TPSA) is 77.0 Å². The summed E-state index contributed by atoms with van der Waals surface area (Å²) < 4.78 is 11.5. The molecule has 192 valence electrons. The standard InChI is InChI=1S/C32H23ClN2O4/c33-26-15-10-25(11-16-26)32(37)39-30-19-14-23-8-4-5-9-28(23)29(30)20-34-35-31(36)24-12-17-27(18-13-24)38-21-22-6-2-1-3-7-22/h1-20H,21H2,(H,35,36)/b34-20-. The van der Waals surface area contributed by atoms with Gasteiger partial charge in [0.25, 0.3) is 5.91 Å². The van der Waals surface area contributed by atoms with Gasteiger partial charge in [0.2, 0.25) is 0 Å². The highest BCUT2D eigenvalue weighted by Crippen LogP contribution is 2.27. The van der Waals surface area contributed by atoms with E-state index in [9.17, 15) is 9.59 Å². The Labute approximate surface area is 230 Å². The zero-order valence-corrected chi connectivity index (χ0v) is 21.5. The molecule has 0 fully saturated rings. The lowest BCUT2D eigenvalue weighted by Gasteiger charge is -2.11. The SMILES string of the molecule is O=C(N/N=C\c1c(OC(=O)c2ccc(Cl)cc2)ccc2ccccc12)c1ccc(OCc2ccccc2)cc1. The van der Waals surface area contributed by atoms with Crippen molar-refractivity contribution in [2.45, 2.75) is 6.61 Å². The van der Waals surface area contributed by atoms with Crippen LogP contribution in [0.5, 0.6) is 11.5 Å². The highest BCUT2D eigenvalue weighted by atomic mass is 35.5. The fourth-order valence-electron chi connectivity index (χ4n) is 3.91. The van der Waals surface area contributed by atoms with Crippen LogP contribution in [-0.2, 0) is 6.61 Å². The molecular weight excluding hydrogens is 512 g/mol. The summed E-state index contributed by atoms with van der Waals surface area (Å²) in [6.45, 7) is 0.437. The third-order valence-corrected chi connectivity index (χ3v) is 6.19. The Morgan fingerprint density at radius 2 is 1.46 bits per heavy atom. The van der Waals surface area contributed by atoms with Crippen LogP contribution in [0.25, 0.3) is 10.8 Å². The van der Waals surface area contributed by atoms with Crippen LogP contribution in [0, 0.1) is 0 Å². The molecule has 0 spiro atoms. The van der Waals surface area contributed by atoms with Gasteiger partial charge in [-0.05, 0) is 70.9 Å². The summed E-state index contributed by atoms with van der Waals surface area (Å²) in [4.78, 5) is 25.4. The summed E-state index contributed by atoms with van der Waals surface area (Å²) >= 11 is 5.93. The molecular formula is C32H23ClN2O4. The molecule has 5 rings (SSSR count). The fraction of sp³-hybridized carbons (Fsp3) is 0.0312. The molecule has 0 saturated heterocycles. The lowest BCUT2D eigenvalue weighted by Crippen LogP contribution is -2.17. The molecule has 0 radical (unpaired) electrons. The number of carbonyl (C=O) groups is 2. The average Bonchev–Trinajstić information content (AvgIpc) is 2.98. The summed E-state index contributed by atoms with van der Waals surface area (Å²) in [6, 6.07) is 34.3. The molecule has 0 saturated carbocycles. The van der Waals surface area contributed by atoms with E-state index in [2.05, 4.69) is 10.5 Å². The fourth-order valence-corrected chi connectivity index (χ4v) is 4.03.